The van der Waals surface area contributed by atoms with Crippen molar-refractivity contribution in [3.8, 4) is 0 Å². The van der Waals surface area contributed by atoms with E-state index in [1.165, 1.54) is 38.4 Å². The number of likely N-dealkylation sites (tertiary alicyclic amines) is 1. The fourth-order valence-corrected chi connectivity index (χ4v) is 4.14. The topological polar surface area (TPSA) is 84.0 Å². The van der Waals surface area contributed by atoms with Crippen LogP contribution in [0.5, 0.6) is 0 Å². The third kappa shape index (κ3) is 4.42. The monoisotopic (exact) mass is 382 g/mol. The van der Waals surface area contributed by atoms with E-state index in [0.717, 1.165) is 23.6 Å². The Morgan fingerprint density at radius 1 is 1.19 bits per heavy atom. The highest BCUT2D eigenvalue weighted by Crippen LogP contribution is 2.22. The molecule has 2 rings (SSSR count). The zero-order valence-electron chi connectivity index (χ0n) is 15.6. The smallest absolute Gasteiger partial charge is 0.338 e. The molecule has 0 aliphatic carbocycles. The van der Waals surface area contributed by atoms with Crippen molar-refractivity contribution in [3.05, 3.63) is 29.8 Å². The molecular weight excluding hydrogens is 356 g/mol. The van der Waals surface area contributed by atoms with Crippen molar-refractivity contribution in [2.24, 2.45) is 0 Å². The van der Waals surface area contributed by atoms with E-state index < -0.39 is 16.0 Å². The van der Waals surface area contributed by atoms with Gasteiger partial charge in [0.25, 0.3) is 5.91 Å². The maximum Gasteiger partial charge on any atom is 0.338 e. The first-order valence-electron chi connectivity index (χ1n) is 8.65. The lowest BCUT2D eigenvalue weighted by Gasteiger charge is -2.38. The van der Waals surface area contributed by atoms with Gasteiger partial charge in [0, 0.05) is 26.2 Å². The Labute approximate surface area is 155 Å². The van der Waals surface area contributed by atoms with Gasteiger partial charge in [-0.15, -0.1) is 0 Å². The van der Waals surface area contributed by atoms with E-state index in [9.17, 15) is 18.0 Å². The van der Waals surface area contributed by atoms with E-state index in [2.05, 4.69) is 0 Å². The quantitative estimate of drug-likeness (QED) is 0.726. The SMILES string of the molecule is C[C@H]1CCC[C@H](C)N1C(=O)COC(=O)c1cccc(S(=O)(=O)N(C)C)c1. The number of ether oxygens (including phenoxy) is 1. The third-order valence-corrected chi connectivity index (χ3v) is 6.47. The number of hydrogen-bond donors (Lipinski definition) is 0. The molecule has 1 aromatic carbocycles. The van der Waals surface area contributed by atoms with Crippen molar-refractivity contribution >= 4 is 21.9 Å². The Kier molecular flexibility index (Phi) is 6.41. The largest absolute Gasteiger partial charge is 0.452 e. The van der Waals surface area contributed by atoms with Crippen molar-refractivity contribution in [1.82, 2.24) is 9.21 Å². The molecule has 1 heterocycles. The molecule has 1 aliphatic rings. The summed E-state index contributed by atoms with van der Waals surface area (Å²) in [5, 5.41) is 0. The van der Waals surface area contributed by atoms with Gasteiger partial charge in [0.05, 0.1) is 10.5 Å². The molecule has 0 N–H and O–H groups in total. The zero-order chi connectivity index (χ0) is 19.5. The van der Waals surface area contributed by atoms with E-state index in [0.29, 0.717) is 0 Å². The van der Waals surface area contributed by atoms with Gasteiger partial charge in [-0.2, -0.15) is 0 Å². The molecule has 144 valence electrons. The molecule has 0 aromatic heterocycles. The summed E-state index contributed by atoms with van der Waals surface area (Å²) < 4.78 is 30.5. The highest BCUT2D eigenvalue weighted by molar-refractivity contribution is 7.89. The van der Waals surface area contributed by atoms with Crippen LogP contribution in [0.4, 0.5) is 0 Å². The summed E-state index contributed by atoms with van der Waals surface area (Å²) in [5.74, 6) is -0.943. The lowest BCUT2D eigenvalue weighted by Crippen LogP contribution is -2.49. The summed E-state index contributed by atoms with van der Waals surface area (Å²) in [4.78, 5) is 26.4. The Balaban J connectivity index is 2.05. The molecule has 1 saturated heterocycles. The van der Waals surface area contributed by atoms with E-state index in [4.69, 9.17) is 4.74 Å². The van der Waals surface area contributed by atoms with Crippen molar-refractivity contribution in [2.45, 2.75) is 50.1 Å². The fraction of sp³-hybridized carbons (Fsp3) is 0.556. The highest BCUT2D eigenvalue weighted by atomic mass is 32.2. The Bertz CT molecular complexity index is 766. The maximum atomic E-state index is 12.4. The van der Waals surface area contributed by atoms with Gasteiger partial charge in [-0.05, 0) is 51.3 Å². The Morgan fingerprint density at radius 2 is 1.81 bits per heavy atom. The van der Waals surface area contributed by atoms with Crippen LogP contribution in [0.3, 0.4) is 0 Å². The molecule has 8 heteroatoms. The van der Waals surface area contributed by atoms with Gasteiger partial charge in [0.1, 0.15) is 0 Å². The number of sulfonamides is 1. The van der Waals surface area contributed by atoms with E-state index >= 15 is 0 Å². The van der Waals surface area contributed by atoms with Crippen LogP contribution < -0.4 is 0 Å². The summed E-state index contributed by atoms with van der Waals surface area (Å²) in [7, 11) is -0.812. The summed E-state index contributed by atoms with van der Waals surface area (Å²) in [6, 6.07) is 5.86. The van der Waals surface area contributed by atoms with Crippen LogP contribution in [0.15, 0.2) is 29.2 Å². The fourth-order valence-electron chi connectivity index (χ4n) is 3.19. The minimum Gasteiger partial charge on any atom is -0.452 e. The Hall–Kier alpha value is -1.93. The summed E-state index contributed by atoms with van der Waals surface area (Å²) >= 11 is 0. The van der Waals surface area contributed by atoms with E-state index in [1.54, 1.807) is 4.90 Å². The predicted octanol–water partition coefficient (Wildman–Crippen LogP) is 1.88. The first-order chi connectivity index (χ1) is 12.1. The molecule has 0 bridgehead atoms. The predicted molar refractivity (Wildman–Crippen MR) is 97.2 cm³/mol. The first-order valence-corrected chi connectivity index (χ1v) is 10.1. The lowest BCUT2D eigenvalue weighted by atomic mass is 9.97. The second kappa shape index (κ2) is 8.18. The molecule has 0 radical (unpaired) electrons. The summed E-state index contributed by atoms with van der Waals surface area (Å²) in [6.07, 6.45) is 2.96. The number of benzene rings is 1. The van der Waals surface area contributed by atoms with Crippen LogP contribution in [0.25, 0.3) is 0 Å². The van der Waals surface area contributed by atoms with Crippen LogP contribution in [0.1, 0.15) is 43.5 Å². The van der Waals surface area contributed by atoms with Crippen molar-refractivity contribution in [1.29, 1.82) is 0 Å². The van der Waals surface area contributed by atoms with Gasteiger partial charge in [0.2, 0.25) is 10.0 Å². The second-order valence-corrected chi connectivity index (χ2v) is 8.97. The molecule has 1 aliphatic heterocycles. The number of carbonyl (C=O) groups is 2. The zero-order valence-corrected chi connectivity index (χ0v) is 16.5. The van der Waals surface area contributed by atoms with Gasteiger partial charge >= 0.3 is 5.97 Å². The molecule has 1 fully saturated rings. The average Bonchev–Trinajstić information content (AvgIpc) is 2.59. The normalized spacial score (nSPS) is 20.9. The van der Waals surface area contributed by atoms with Gasteiger partial charge in [-0.1, -0.05) is 6.07 Å². The second-order valence-electron chi connectivity index (χ2n) is 6.82. The molecule has 7 nitrogen and oxygen atoms in total. The molecular formula is C18H26N2O5S. The average molecular weight is 382 g/mol. The molecule has 0 unspecified atom stereocenters. The molecule has 26 heavy (non-hydrogen) atoms. The number of rotatable bonds is 5. The van der Waals surface area contributed by atoms with Gasteiger partial charge in [-0.25, -0.2) is 17.5 Å². The standard InChI is InChI=1S/C18H26N2O5S/c1-13-7-5-8-14(2)20(13)17(21)12-25-18(22)15-9-6-10-16(11-15)26(23,24)19(3)4/h6,9-11,13-14H,5,7-8,12H2,1-4H3/t13-,14-/m0/s1. The van der Waals surface area contributed by atoms with Crippen LogP contribution in [-0.4, -0.2) is 62.3 Å². The lowest BCUT2D eigenvalue weighted by molar-refractivity contribution is -0.140. The van der Waals surface area contributed by atoms with Crippen LogP contribution >= 0.6 is 0 Å². The van der Waals surface area contributed by atoms with E-state index in [-0.39, 0.29) is 35.1 Å². The van der Waals surface area contributed by atoms with Crippen molar-refractivity contribution in [2.75, 3.05) is 20.7 Å². The van der Waals surface area contributed by atoms with Crippen molar-refractivity contribution in [3.63, 3.8) is 0 Å². The minimum absolute atomic E-state index is 0.00144. The number of carbonyl (C=O) groups excluding carboxylic acids is 2. The highest BCUT2D eigenvalue weighted by Gasteiger charge is 2.29. The van der Waals surface area contributed by atoms with Crippen molar-refractivity contribution < 1.29 is 22.7 Å². The number of amides is 1. The molecule has 1 amide bonds. The van der Waals surface area contributed by atoms with Crippen LogP contribution in [0, 0.1) is 0 Å². The Morgan fingerprint density at radius 3 is 2.38 bits per heavy atom. The molecule has 1 aromatic rings. The minimum atomic E-state index is -3.65. The van der Waals surface area contributed by atoms with Crippen LogP contribution in [-0.2, 0) is 19.6 Å². The first kappa shape index (κ1) is 20.4. The van der Waals surface area contributed by atoms with E-state index in [1.807, 2.05) is 13.8 Å². The van der Waals surface area contributed by atoms with Gasteiger partial charge < -0.3 is 9.64 Å². The van der Waals surface area contributed by atoms with Crippen LogP contribution in [0.2, 0.25) is 0 Å². The number of esters is 1. The van der Waals surface area contributed by atoms with Gasteiger partial charge in [-0.3, -0.25) is 4.79 Å². The molecule has 0 saturated carbocycles. The third-order valence-electron chi connectivity index (χ3n) is 4.66. The molecule has 2 atom stereocenters. The number of hydrogen-bond acceptors (Lipinski definition) is 5. The summed E-state index contributed by atoms with van der Waals surface area (Å²) in [5.41, 5.74) is 0.0977. The maximum absolute atomic E-state index is 12.4. The number of piperidine rings is 1. The summed E-state index contributed by atoms with van der Waals surface area (Å²) in [6.45, 7) is 3.63. The van der Waals surface area contributed by atoms with Gasteiger partial charge in [0.15, 0.2) is 6.61 Å². The number of nitrogens with zero attached hydrogens (tertiary/aromatic N) is 2. The molecule has 0 spiro atoms.